The Kier molecular flexibility index (Phi) is 3.47. The summed E-state index contributed by atoms with van der Waals surface area (Å²) in [5.41, 5.74) is 0. The molecule has 0 saturated heterocycles. The predicted octanol–water partition coefficient (Wildman–Crippen LogP) is 2.49. The number of nitrogens with one attached hydrogen (secondary N) is 1. The van der Waals surface area contributed by atoms with Crippen molar-refractivity contribution in [3.05, 3.63) is 0 Å². The summed E-state index contributed by atoms with van der Waals surface area (Å²) >= 11 is 11.6. The van der Waals surface area contributed by atoms with Crippen molar-refractivity contribution in [3.8, 4) is 0 Å². The quantitative estimate of drug-likeness (QED) is 0.730. The predicted molar refractivity (Wildman–Crippen MR) is 55.1 cm³/mol. The minimum atomic E-state index is -0.796. The Morgan fingerprint density at radius 3 is 2.31 bits per heavy atom. The van der Waals surface area contributed by atoms with Crippen molar-refractivity contribution in [3.63, 3.8) is 0 Å². The van der Waals surface area contributed by atoms with Crippen LogP contribution in [-0.2, 0) is 4.79 Å². The third-order valence-electron chi connectivity index (χ3n) is 2.47. The zero-order valence-electron chi connectivity index (χ0n) is 7.94. The first-order chi connectivity index (χ1) is 6.01. The van der Waals surface area contributed by atoms with E-state index in [1.165, 1.54) is 0 Å². The minimum Gasteiger partial charge on any atom is -0.353 e. The highest BCUT2D eigenvalue weighted by Crippen LogP contribution is 2.53. The fourth-order valence-electron chi connectivity index (χ4n) is 1.29. The van der Waals surface area contributed by atoms with Crippen LogP contribution in [0.25, 0.3) is 0 Å². The van der Waals surface area contributed by atoms with Crippen molar-refractivity contribution < 1.29 is 4.79 Å². The van der Waals surface area contributed by atoms with Gasteiger partial charge in [0.2, 0.25) is 5.91 Å². The van der Waals surface area contributed by atoms with Crippen LogP contribution >= 0.6 is 23.2 Å². The molecule has 1 N–H and O–H groups in total. The topological polar surface area (TPSA) is 29.1 Å². The lowest BCUT2D eigenvalue weighted by Crippen LogP contribution is -2.35. The largest absolute Gasteiger partial charge is 0.353 e. The van der Waals surface area contributed by atoms with E-state index >= 15 is 0 Å². The molecular formula is C9H15Cl2NO. The van der Waals surface area contributed by atoms with Crippen LogP contribution in [0.3, 0.4) is 0 Å². The Hall–Kier alpha value is 0.0500. The molecule has 1 fully saturated rings. The third kappa shape index (κ3) is 2.75. The van der Waals surface area contributed by atoms with E-state index in [9.17, 15) is 4.79 Å². The van der Waals surface area contributed by atoms with E-state index < -0.39 is 4.33 Å². The van der Waals surface area contributed by atoms with Crippen LogP contribution in [0.1, 0.15) is 33.1 Å². The van der Waals surface area contributed by atoms with Crippen molar-refractivity contribution in [2.45, 2.75) is 43.5 Å². The maximum atomic E-state index is 11.5. The molecule has 4 heteroatoms. The maximum absolute atomic E-state index is 11.5. The van der Waals surface area contributed by atoms with E-state index in [2.05, 4.69) is 19.2 Å². The van der Waals surface area contributed by atoms with Gasteiger partial charge in [-0.1, -0.05) is 13.8 Å². The molecule has 1 aliphatic carbocycles. The average Bonchev–Trinajstić information content (AvgIpc) is 2.70. The molecule has 0 aliphatic heterocycles. The number of alkyl halides is 2. The van der Waals surface area contributed by atoms with Crippen molar-refractivity contribution >= 4 is 29.1 Å². The van der Waals surface area contributed by atoms with Crippen molar-refractivity contribution in [2.24, 2.45) is 5.92 Å². The molecule has 0 heterocycles. The van der Waals surface area contributed by atoms with Gasteiger partial charge in [0.25, 0.3) is 0 Å². The summed E-state index contributed by atoms with van der Waals surface area (Å²) in [6.07, 6.45) is 2.49. The summed E-state index contributed by atoms with van der Waals surface area (Å²) in [6.45, 7) is 4.10. The van der Waals surface area contributed by atoms with Crippen LogP contribution in [0, 0.1) is 5.92 Å². The molecule has 13 heavy (non-hydrogen) atoms. The van der Waals surface area contributed by atoms with E-state index in [1.54, 1.807) is 0 Å². The van der Waals surface area contributed by atoms with Gasteiger partial charge in [-0.15, -0.1) is 23.2 Å². The smallest absolute Gasteiger partial charge is 0.226 e. The summed E-state index contributed by atoms with van der Waals surface area (Å²) < 4.78 is -0.796. The molecule has 0 aromatic rings. The summed E-state index contributed by atoms with van der Waals surface area (Å²) in [5.74, 6) is -0.199. The third-order valence-corrected chi connectivity index (χ3v) is 3.31. The Balaban J connectivity index is 2.34. The molecule has 1 atom stereocenters. The first-order valence-corrected chi connectivity index (χ1v) is 5.45. The van der Waals surface area contributed by atoms with Gasteiger partial charge in [-0.3, -0.25) is 4.79 Å². The first kappa shape index (κ1) is 11.1. The number of hydrogen-bond acceptors (Lipinski definition) is 1. The molecule has 0 aromatic carbocycles. The second kappa shape index (κ2) is 4.05. The lowest BCUT2D eigenvalue weighted by Gasteiger charge is -2.14. The Morgan fingerprint density at radius 2 is 2.00 bits per heavy atom. The van der Waals surface area contributed by atoms with Crippen LogP contribution < -0.4 is 5.32 Å². The Labute approximate surface area is 89.0 Å². The zero-order chi connectivity index (χ0) is 10.1. The van der Waals surface area contributed by atoms with Crippen molar-refractivity contribution in [1.82, 2.24) is 5.32 Å². The van der Waals surface area contributed by atoms with Crippen LogP contribution in [0.5, 0.6) is 0 Å². The van der Waals surface area contributed by atoms with E-state index in [1.807, 2.05) is 0 Å². The fourth-order valence-corrected chi connectivity index (χ4v) is 1.80. The van der Waals surface area contributed by atoms with E-state index in [4.69, 9.17) is 23.2 Å². The molecule has 2 nitrogen and oxygen atoms in total. The number of halogens is 2. The molecule has 0 spiro atoms. The van der Waals surface area contributed by atoms with Gasteiger partial charge >= 0.3 is 0 Å². The highest BCUT2D eigenvalue weighted by Gasteiger charge is 2.56. The lowest BCUT2D eigenvalue weighted by atomic mass is 10.1. The van der Waals surface area contributed by atoms with Crippen LogP contribution in [-0.4, -0.2) is 16.3 Å². The van der Waals surface area contributed by atoms with Gasteiger partial charge < -0.3 is 5.32 Å². The molecule has 1 aliphatic rings. The molecule has 0 radical (unpaired) electrons. The maximum Gasteiger partial charge on any atom is 0.226 e. The van der Waals surface area contributed by atoms with E-state index in [-0.39, 0.29) is 17.9 Å². The highest BCUT2D eigenvalue weighted by molar-refractivity contribution is 6.52. The number of hydrogen-bond donors (Lipinski definition) is 1. The molecule has 0 aromatic heterocycles. The lowest BCUT2D eigenvalue weighted by molar-refractivity contribution is -0.123. The molecule has 1 unspecified atom stereocenters. The number of rotatable bonds is 4. The second-order valence-electron chi connectivity index (χ2n) is 3.54. The van der Waals surface area contributed by atoms with Crippen molar-refractivity contribution in [2.75, 3.05) is 0 Å². The van der Waals surface area contributed by atoms with Gasteiger partial charge in [-0.05, 0) is 19.3 Å². The van der Waals surface area contributed by atoms with Gasteiger partial charge in [-0.2, -0.15) is 0 Å². The number of carbonyl (C=O) groups excluding carboxylic acids is 1. The average molecular weight is 224 g/mol. The van der Waals surface area contributed by atoms with Crippen molar-refractivity contribution in [1.29, 1.82) is 0 Å². The summed E-state index contributed by atoms with van der Waals surface area (Å²) in [5, 5.41) is 2.93. The monoisotopic (exact) mass is 223 g/mol. The van der Waals surface area contributed by atoms with Gasteiger partial charge in [0.05, 0.1) is 5.92 Å². The Morgan fingerprint density at radius 1 is 1.54 bits per heavy atom. The zero-order valence-corrected chi connectivity index (χ0v) is 9.45. The van der Waals surface area contributed by atoms with E-state index in [0.717, 1.165) is 12.8 Å². The summed E-state index contributed by atoms with van der Waals surface area (Å²) in [6, 6.07) is 0.261. The molecule has 1 amide bonds. The number of carbonyl (C=O) groups is 1. The summed E-state index contributed by atoms with van der Waals surface area (Å²) in [4.78, 5) is 11.5. The van der Waals surface area contributed by atoms with E-state index in [0.29, 0.717) is 6.42 Å². The standard InChI is InChI=1S/C9H15Cl2NO/c1-3-6(4-2)12-8(13)7-5-9(7,10)11/h6-7H,3-5H2,1-2H3,(H,12,13). The fraction of sp³-hybridized carbons (Fsp3) is 0.889. The SMILES string of the molecule is CCC(CC)NC(=O)C1CC1(Cl)Cl. The van der Waals surface area contributed by atoms with Crippen LogP contribution in [0.15, 0.2) is 0 Å². The second-order valence-corrected chi connectivity index (χ2v) is 5.08. The highest BCUT2D eigenvalue weighted by atomic mass is 35.5. The van der Waals surface area contributed by atoms with Gasteiger partial charge in [0, 0.05) is 6.04 Å². The molecule has 1 saturated carbocycles. The summed E-state index contributed by atoms with van der Waals surface area (Å²) in [7, 11) is 0. The molecule has 76 valence electrons. The van der Waals surface area contributed by atoms with Crippen LogP contribution in [0.4, 0.5) is 0 Å². The Bertz CT molecular complexity index is 202. The van der Waals surface area contributed by atoms with Gasteiger partial charge in [0.15, 0.2) is 0 Å². The normalized spacial score (nSPS) is 24.5. The molecule has 1 rings (SSSR count). The minimum absolute atomic E-state index is 0.00120. The molecule has 0 bridgehead atoms. The van der Waals surface area contributed by atoms with Gasteiger partial charge in [-0.25, -0.2) is 0 Å². The number of amides is 1. The first-order valence-electron chi connectivity index (χ1n) is 4.69. The van der Waals surface area contributed by atoms with Crippen LogP contribution in [0.2, 0.25) is 0 Å². The molecular weight excluding hydrogens is 209 g/mol. The van der Waals surface area contributed by atoms with Gasteiger partial charge in [0.1, 0.15) is 4.33 Å².